The number of terminal acetylenes is 1. The van der Waals surface area contributed by atoms with Gasteiger partial charge in [0.15, 0.2) is 0 Å². The molecule has 0 atom stereocenters. The van der Waals surface area contributed by atoms with Crippen molar-refractivity contribution in [2.75, 3.05) is 13.1 Å². The average molecular weight is 207 g/mol. The first-order valence-corrected chi connectivity index (χ1v) is 5.43. The summed E-state index contributed by atoms with van der Waals surface area (Å²) in [6.07, 6.45) is 6.14. The highest BCUT2D eigenvalue weighted by molar-refractivity contribution is 7.12. The fourth-order valence-electron chi connectivity index (χ4n) is 1.19. The maximum absolute atomic E-state index is 11.8. The Balaban J connectivity index is 2.69. The molecule has 0 unspecified atom stereocenters. The second kappa shape index (κ2) is 5.46. The minimum Gasteiger partial charge on any atom is -0.327 e. The largest absolute Gasteiger partial charge is 0.327 e. The van der Waals surface area contributed by atoms with Gasteiger partial charge in [0.2, 0.25) is 0 Å². The minimum atomic E-state index is 0.0415. The molecule has 0 radical (unpaired) electrons. The van der Waals surface area contributed by atoms with Gasteiger partial charge in [-0.1, -0.05) is 18.9 Å². The van der Waals surface area contributed by atoms with Crippen molar-refractivity contribution in [2.24, 2.45) is 0 Å². The third-order valence-electron chi connectivity index (χ3n) is 1.79. The fourth-order valence-corrected chi connectivity index (χ4v) is 1.88. The summed E-state index contributed by atoms with van der Waals surface area (Å²) < 4.78 is 0. The predicted octanol–water partition coefficient (Wildman–Crippen LogP) is 2.23. The Kier molecular flexibility index (Phi) is 4.21. The highest BCUT2D eigenvalue weighted by Crippen LogP contribution is 2.11. The fraction of sp³-hybridized carbons (Fsp3) is 0.364. The summed E-state index contributed by atoms with van der Waals surface area (Å²) in [6.45, 7) is 3.15. The lowest BCUT2D eigenvalue weighted by Gasteiger charge is -2.18. The van der Waals surface area contributed by atoms with E-state index in [1.165, 1.54) is 11.3 Å². The van der Waals surface area contributed by atoms with Crippen molar-refractivity contribution < 1.29 is 4.79 Å². The zero-order valence-electron chi connectivity index (χ0n) is 8.19. The first-order valence-electron chi connectivity index (χ1n) is 4.55. The Morgan fingerprint density at radius 1 is 1.71 bits per heavy atom. The summed E-state index contributed by atoms with van der Waals surface area (Å²) in [5.74, 6) is 2.55. The Labute approximate surface area is 88.5 Å². The second-order valence-corrected chi connectivity index (χ2v) is 3.86. The maximum atomic E-state index is 11.8. The van der Waals surface area contributed by atoms with Crippen molar-refractivity contribution >= 4 is 17.2 Å². The van der Waals surface area contributed by atoms with Crippen molar-refractivity contribution in [1.82, 2.24) is 4.90 Å². The van der Waals surface area contributed by atoms with Crippen LogP contribution < -0.4 is 0 Å². The van der Waals surface area contributed by atoms with E-state index in [0.29, 0.717) is 6.54 Å². The Morgan fingerprint density at radius 2 is 2.50 bits per heavy atom. The molecule has 1 rings (SSSR count). The maximum Gasteiger partial charge on any atom is 0.264 e. The lowest BCUT2D eigenvalue weighted by molar-refractivity contribution is 0.0781. The molecule has 1 heterocycles. The predicted molar refractivity (Wildman–Crippen MR) is 59.3 cm³/mol. The van der Waals surface area contributed by atoms with Gasteiger partial charge >= 0.3 is 0 Å². The zero-order valence-corrected chi connectivity index (χ0v) is 9.01. The molecule has 0 aromatic carbocycles. The molecular formula is C11H13NOS. The molecule has 1 amide bonds. The van der Waals surface area contributed by atoms with E-state index in [1.54, 1.807) is 4.90 Å². The van der Waals surface area contributed by atoms with Crippen LogP contribution in [0.1, 0.15) is 23.0 Å². The topological polar surface area (TPSA) is 20.3 Å². The summed E-state index contributed by atoms with van der Waals surface area (Å²) >= 11 is 1.45. The number of hydrogen-bond donors (Lipinski definition) is 0. The Bertz CT molecular complexity index is 324. The van der Waals surface area contributed by atoms with Crippen LogP contribution in [0.25, 0.3) is 0 Å². The molecule has 0 spiro atoms. The van der Waals surface area contributed by atoms with Crippen LogP contribution in [0.3, 0.4) is 0 Å². The molecule has 2 nitrogen and oxygen atoms in total. The molecular weight excluding hydrogens is 194 g/mol. The normalized spacial score (nSPS) is 9.43. The second-order valence-electron chi connectivity index (χ2n) is 2.91. The van der Waals surface area contributed by atoms with Crippen LogP contribution in [0.5, 0.6) is 0 Å². The summed E-state index contributed by atoms with van der Waals surface area (Å²) in [4.78, 5) is 14.3. The van der Waals surface area contributed by atoms with Crippen molar-refractivity contribution in [3.05, 3.63) is 22.4 Å². The standard InChI is InChI=1S/C11H13NOS/c1-3-7-12(8-4-2)11(13)10-6-5-9-14-10/h1,5-6,9H,4,7-8H2,2H3. The van der Waals surface area contributed by atoms with Gasteiger partial charge in [0.05, 0.1) is 11.4 Å². The number of carbonyl (C=O) groups excluding carboxylic acids is 1. The smallest absolute Gasteiger partial charge is 0.264 e. The molecule has 74 valence electrons. The van der Waals surface area contributed by atoms with Crippen LogP contribution in [0.2, 0.25) is 0 Å². The van der Waals surface area contributed by atoms with E-state index in [0.717, 1.165) is 17.8 Å². The SMILES string of the molecule is C#CCN(CCC)C(=O)c1cccs1. The molecule has 0 aliphatic heterocycles. The summed E-state index contributed by atoms with van der Waals surface area (Å²) in [7, 11) is 0. The van der Waals surface area contributed by atoms with E-state index >= 15 is 0 Å². The highest BCUT2D eigenvalue weighted by Gasteiger charge is 2.14. The number of rotatable bonds is 4. The number of carbonyl (C=O) groups is 1. The van der Waals surface area contributed by atoms with Gasteiger partial charge in [-0.05, 0) is 17.9 Å². The van der Waals surface area contributed by atoms with Gasteiger partial charge in [-0.15, -0.1) is 17.8 Å². The Hall–Kier alpha value is -1.27. The van der Waals surface area contributed by atoms with E-state index in [4.69, 9.17) is 6.42 Å². The monoisotopic (exact) mass is 207 g/mol. The number of thiophene rings is 1. The first kappa shape index (κ1) is 10.8. The molecule has 0 fully saturated rings. The van der Waals surface area contributed by atoms with E-state index in [1.807, 2.05) is 24.4 Å². The van der Waals surface area contributed by atoms with Crippen molar-refractivity contribution in [2.45, 2.75) is 13.3 Å². The molecule has 14 heavy (non-hydrogen) atoms. The van der Waals surface area contributed by atoms with Crippen LogP contribution in [0, 0.1) is 12.3 Å². The quantitative estimate of drug-likeness (QED) is 0.693. The van der Waals surface area contributed by atoms with Crippen LogP contribution in [0.4, 0.5) is 0 Å². The molecule has 0 saturated carbocycles. The van der Waals surface area contributed by atoms with Gasteiger partial charge in [-0.3, -0.25) is 4.79 Å². The zero-order chi connectivity index (χ0) is 10.4. The number of amides is 1. The van der Waals surface area contributed by atoms with Crippen molar-refractivity contribution in [3.63, 3.8) is 0 Å². The van der Waals surface area contributed by atoms with Gasteiger partial charge < -0.3 is 4.90 Å². The molecule has 1 aromatic heterocycles. The molecule has 0 aliphatic carbocycles. The average Bonchev–Trinajstić information content (AvgIpc) is 2.69. The molecule has 3 heteroatoms. The van der Waals surface area contributed by atoms with Crippen LogP contribution in [0.15, 0.2) is 17.5 Å². The number of nitrogens with zero attached hydrogens (tertiary/aromatic N) is 1. The third-order valence-corrected chi connectivity index (χ3v) is 2.65. The molecule has 1 aromatic rings. The van der Waals surface area contributed by atoms with Gasteiger partial charge in [-0.2, -0.15) is 0 Å². The van der Waals surface area contributed by atoms with Gasteiger partial charge in [0.1, 0.15) is 0 Å². The van der Waals surface area contributed by atoms with E-state index in [2.05, 4.69) is 5.92 Å². The summed E-state index contributed by atoms with van der Waals surface area (Å²) in [6, 6.07) is 3.70. The highest BCUT2D eigenvalue weighted by atomic mass is 32.1. The minimum absolute atomic E-state index is 0.0415. The van der Waals surface area contributed by atoms with Gasteiger partial charge in [0, 0.05) is 6.54 Å². The first-order chi connectivity index (χ1) is 6.79. The van der Waals surface area contributed by atoms with Crippen LogP contribution in [-0.4, -0.2) is 23.9 Å². The van der Waals surface area contributed by atoms with E-state index in [-0.39, 0.29) is 5.91 Å². The van der Waals surface area contributed by atoms with Crippen molar-refractivity contribution in [1.29, 1.82) is 0 Å². The lowest BCUT2D eigenvalue weighted by Crippen LogP contribution is -2.31. The molecule has 0 saturated heterocycles. The third kappa shape index (κ3) is 2.61. The molecule has 0 N–H and O–H groups in total. The van der Waals surface area contributed by atoms with Crippen LogP contribution in [-0.2, 0) is 0 Å². The Morgan fingerprint density at radius 3 is 3.00 bits per heavy atom. The van der Waals surface area contributed by atoms with Crippen LogP contribution >= 0.6 is 11.3 Å². The molecule has 0 bridgehead atoms. The van der Waals surface area contributed by atoms with Crippen molar-refractivity contribution in [3.8, 4) is 12.3 Å². The van der Waals surface area contributed by atoms with E-state index < -0.39 is 0 Å². The molecule has 0 aliphatic rings. The summed E-state index contributed by atoms with van der Waals surface area (Å²) in [5.41, 5.74) is 0. The van der Waals surface area contributed by atoms with Gasteiger partial charge in [0.25, 0.3) is 5.91 Å². The number of hydrogen-bond acceptors (Lipinski definition) is 2. The van der Waals surface area contributed by atoms with Gasteiger partial charge in [-0.25, -0.2) is 0 Å². The lowest BCUT2D eigenvalue weighted by atomic mass is 10.3. The summed E-state index contributed by atoms with van der Waals surface area (Å²) in [5, 5.41) is 1.90. The van der Waals surface area contributed by atoms with E-state index in [9.17, 15) is 4.79 Å².